The Kier molecular flexibility index (Phi) is 17.3. The van der Waals surface area contributed by atoms with Gasteiger partial charge in [-0.25, -0.2) is 0 Å². The van der Waals surface area contributed by atoms with Crippen molar-refractivity contribution in [2.24, 2.45) is 5.73 Å². The summed E-state index contributed by atoms with van der Waals surface area (Å²) >= 11 is 0. The van der Waals surface area contributed by atoms with Crippen LogP contribution in [-0.4, -0.2) is 43.2 Å². The van der Waals surface area contributed by atoms with Gasteiger partial charge in [-0.15, -0.1) is 0 Å². The molecule has 41 heavy (non-hydrogen) atoms. The van der Waals surface area contributed by atoms with Gasteiger partial charge < -0.3 is 30.1 Å². The minimum Gasteiger partial charge on any atom is -0.493 e. The van der Waals surface area contributed by atoms with Crippen LogP contribution in [-0.2, 0) is 16.1 Å². The zero-order valence-electron chi connectivity index (χ0n) is 25.1. The number of nitrogens with two attached hydrogens (primary N) is 1. The molecule has 2 aliphatic rings. The van der Waals surface area contributed by atoms with Crippen LogP contribution >= 0.6 is 0 Å². The van der Waals surface area contributed by atoms with Gasteiger partial charge in [-0.05, 0) is 96.3 Å². The molecule has 7 heteroatoms. The predicted octanol–water partition coefficient (Wildman–Crippen LogP) is 6.60. The van der Waals surface area contributed by atoms with Crippen molar-refractivity contribution in [1.82, 2.24) is 5.32 Å². The quantitative estimate of drug-likeness (QED) is 0.155. The number of aldehydes is 1. The van der Waals surface area contributed by atoms with Crippen LogP contribution in [0.25, 0.3) is 0 Å². The summed E-state index contributed by atoms with van der Waals surface area (Å²) in [6.07, 6.45) is 13.1. The molecule has 0 radical (unpaired) electrons. The van der Waals surface area contributed by atoms with E-state index in [4.69, 9.17) is 15.2 Å². The van der Waals surface area contributed by atoms with Crippen LogP contribution in [0.15, 0.2) is 48.5 Å². The molecule has 0 atom stereocenters. The van der Waals surface area contributed by atoms with E-state index in [0.29, 0.717) is 36.8 Å². The van der Waals surface area contributed by atoms with Crippen LogP contribution in [0.1, 0.15) is 107 Å². The molecule has 0 spiro atoms. The molecule has 2 aliphatic carbocycles. The highest BCUT2D eigenvalue weighted by molar-refractivity contribution is 5.79. The van der Waals surface area contributed by atoms with Crippen molar-refractivity contribution >= 4 is 17.9 Å². The fraction of sp³-hybridized carbons (Fsp3) is 0.559. The molecule has 0 aliphatic heterocycles. The van der Waals surface area contributed by atoms with Gasteiger partial charge in [-0.2, -0.15) is 0 Å². The first kappa shape index (κ1) is 34.2. The number of ketones is 2. The van der Waals surface area contributed by atoms with Gasteiger partial charge in [0, 0.05) is 37.0 Å². The normalized spacial score (nSPS) is 13.6. The first-order chi connectivity index (χ1) is 19.9. The second kappa shape index (κ2) is 20.8. The van der Waals surface area contributed by atoms with E-state index in [1.165, 1.54) is 31.2 Å². The second-order valence-corrected chi connectivity index (χ2v) is 11.0. The number of hydrogen-bond donors (Lipinski definition) is 2. The highest BCUT2D eigenvalue weighted by Crippen LogP contribution is 2.23. The molecule has 226 valence electrons. The van der Waals surface area contributed by atoms with Gasteiger partial charge in [0.25, 0.3) is 0 Å². The molecule has 2 aromatic carbocycles. The molecule has 3 N–H and O–H groups in total. The van der Waals surface area contributed by atoms with Gasteiger partial charge in [-0.1, -0.05) is 30.3 Å². The lowest BCUT2D eigenvalue weighted by molar-refractivity contribution is -0.118. The van der Waals surface area contributed by atoms with Gasteiger partial charge >= 0.3 is 0 Å². The SMILES string of the molecule is CC(=O)CCCCCOc1ccccc1C=O.CC(=O)CCCCCOc1ccccc1CNC1CC1.NC1CC1. The van der Waals surface area contributed by atoms with Gasteiger partial charge in [-0.3, -0.25) is 4.79 Å². The van der Waals surface area contributed by atoms with E-state index in [1.807, 2.05) is 24.3 Å². The third kappa shape index (κ3) is 18.1. The van der Waals surface area contributed by atoms with E-state index in [2.05, 4.69) is 17.4 Å². The number of benzene rings is 2. The lowest BCUT2D eigenvalue weighted by Crippen LogP contribution is -2.16. The standard InChI is InChI=1S/C17H25NO2.C14H18O3.C3H7N/c1-14(19)7-3-2-6-12-20-17-9-5-4-8-15(17)13-18-16-10-11-16;1-12(16)7-3-2-6-10-17-14-9-5-4-8-13(14)11-15;4-3-1-2-3/h4-5,8-9,16,18H,2-3,6-7,10-13H2,1H3;4-5,8-9,11H,2-3,6-7,10H2,1H3;3H,1-2,4H2. The molecule has 0 unspecified atom stereocenters. The first-order valence-electron chi connectivity index (χ1n) is 15.2. The molecule has 4 rings (SSSR count). The molecule has 2 aromatic rings. The Morgan fingerprint density at radius 2 is 1.29 bits per heavy atom. The maximum absolute atomic E-state index is 10.8. The molecule has 2 saturated carbocycles. The van der Waals surface area contributed by atoms with Crippen LogP contribution in [0.4, 0.5) is 0 Å². The van der Waals surface area contributed by atoms with E-state index in [1.54, 1.807) is 26.0 Å². The summed E-state index contributed by atoms with van der Waals surface area (Å²) < 4.78 is 11.4. The lowest BCUT2D eigenvalue weighted by atomic mass is 10.1. The summed E-state index contributed by atoms with van der Waals surface area (Å²) in [6, 6.07) is 16.7. The summed E-state index contributed by atoms with van der Waals surface area (Å²) in [6.45, 7) is 5.47. The van der Waals surface area contributed by atoms with Gasteiger partial charge in [0.1, 0.15) is 23.1 Å². The Labute approximate surface area is 246 Å². The van der Waals surface area contributed by atoms with Crippen LogP contribution < -0.4 is 20.5 Å². The van der Waals surface area contributed by atoms with Crippen molar-refractivity contribution in [1.29, 1.82) is 0 Å². The summed E-state index contributed by atoms with van der Waals surface area (Å²) in [5.41, 5.74) is 7.04. The number of rotatable bonds is 18. The van der Waals surface area contributed by atoms with E-state index in [-0.39, 0.29) is 11.6 Å². The number of carbonyl (C=O) groups is 3. The zero-order valence-corrected chi connectivity index (χ0v) is 25.1. The fourth-order valence-electron chi connectivity index (χ4n) is 3.81. The number of para-hydroxylation sites is 2. The Bertz CT molecular complexity index is 1030. The topological polar surface area (TPSA) is 108 Å². The average molecular weight is 567 g/mol. The largest absolute Gasteiger partial charge is 0.493 e. The first-order valence-corrected chi connectivity index (χ1v) is 15.2. The van der Waals surface area contributed by atoms with E-state index < -0.39 is 0 Å². The maximum atomic E-state index is 10.8. The number of unbranched alkanes of at least 4 members (excludes halogenated alkanes) is 4. The number of carbonyl (C=O) groups excluding carboxylic acids is 3. The number of hydrogen-bond acceptors (Lipinski definition) is 7. The van der Waals surface area contributed by atoms with Crippen LogP contribution in [0.3, 0.4) is 0 Å². The van der Waals surface area contributed by atoms with Crippen LogP contribution in [0, 0.1) is 0 Å². The molecule has 2 fully saturated rings. The smallest absolute Gasteiger partial charge is 0.153 e. The summed E-state index contributed by atoms with van der Waals surface area (Å²) in [5.74, 6) is 2.14. The minimum atomic E-state index is 0.234. The minimum absolute atomic E-state index is 0.234. The highest BCUT2D eigenvalue weighted by Gasteiger charge is 2.20. The molecule has 0 amide bonds. The highest BCUT2D eigenvalue weighted by atomic mass is 16.5. The Hall–Kier alpha value is -3.03. The van der Waals surface area contributed by atoms with E-state index in [0.717, 1.165) is 69.8 Å². The third-order valence-corrected chi connectivity index (χ3v) is 6.66. The zero-order chi connectivity index (χ0) is 29.7. The monoisotopic (exact) mass is 566 g/mol. The number of nitrogens with one attached hydrogen (secondary N) is 1. The van der Waals surface area contributed by atoms with Crippen molar-refractivity contribution in [2.75, 3.05) is 13.2 Å². The molecule has 7 nitrogen and oxygen atoms in total. The summed E-state index contributed by atoms with van der Waals surface area (Å²) in [7, 11) is 0. The third-order valence-electron chi connectivity index (χ3n) is 6.66. The predicted molar refractivity (Wildman–Crippen MR) is 165 cm³/mol. The lowest BCUT2D eigenvalue weighted by Gasteiger charge is -2.12. The van der Waals surface area contributed by atoms with Crippen molar-refractivity contribution in [2.45, 2.75) is 110 Å². The van der Waals surface area contributed by atoms with Crippen molar-refractivity contribution in [3.05, 3.63) is 59.7 Å². The maximum Gasteiger partial charge on any atom is 0.153 e. The molecule has 0 heterocycles. The van der Waals surface area contributed by atoms with Crippen LogP contribution in [0.2, 0.25) is 0 Å². The fourth-order valence-corrected chi connectivity index (χ4v) is 3.81. The molecular weight excluding hydrogens is 516 g/mol. The van der Waals surface area contributed by atoms with Crippen molar-refractivity contribution < 1.29 is 23.9 Å². The van der Waals surface area contributed by atoms with Crippen LogP contribution in [0.5, 0.6) is 11.5 Å². The summed E-state index contributed by atoms with van der Waals surface area (Å²) in [5, 5.41) is 3.52. The second-order valence-electron chi connectivity index (χ2n) is 11.0. The average Bonchev–Trinajstić information content (AvgIpc) is 3.91. The van der Waals surface area contributed by atoms with Crippen molar-refractivity contribution in [3.8, 4) is 11.5 Å². The molecule has 0 aromatic heterocycles. The number of ether oxygens (including phenoxy) is 2. The Morgan fingerprint density at radius 3 is 1.80 bits per heavy atom. The molecule has 0 bridgehead atoms. The Morgan fingerprint density at radius 1 is 0.780 bits per heavy atom. The van der Waals surface area contributed by atoms with E-state index >= 15 is 0 Å². The van der Waals surface area contributed by atoms with Crippen molar-refractivity contribution in [3.63, 3.8) is 0 Å². The van der Waals surface area contributed by atoms with Gasteiger partial charge in [0.15, 0.2) is 6.29 Å². The van der Waals surface area contributed by atoms with Gasteiger partial charge in [0.05, 0.1) is 18.8 Å². The molecule has 0 saturated heterocycles. The van der Waals surface area contributed by atoms with Gasteiger partial charge in [0.2, 0.25) is 0 Å². The Balaban J connectivity index is 0.000000254. The van der Waals surface area contributed by atoms with E-state index in [9.17, 15) is 14.4 Å². The molecular formula is C34H50N2O5. The number of Topliss-reactive ketones (excluding diaryl/α,β-unsaturated/α-hetero) is 2. The summed E-state index contributed by atoms with van der Waals surface area (Å²) in [4.78, 5) is 32.3.